The van der Waals surface area contributed by atoms with Crippen LogP contribution in [0.5, 0.6) is 5.75 Å². The van der Waals surface area contributed by atoms with Crippen molar-refractivity contribution in [3.8, 4) is 5.75 Å². The molecule has 0 spiro atoms. The molecule has 0 heterocycles. The van der Waals surface area contributed by atoms with Gasteiger partial charge >= 0.3 is 0 Å². The van der Waals surface area contributed by atoms with Crippen molar-refractivity contribution in [2.24, 2.45) is 0 Å². The Morgan fingerprint density at radius 2 is 1.85 bits per heavy atom. The molecule has 1 aromatic carbocycles. The van der Waals surface area contributed by atoms with Gasteiger partial charge in [0.2, 0.25) is 0 Å². The smallest absolute Gasteiger partial charge is 0.119 e. The van der Waals surface area contributed by atoms with E-state index in [-0.39, 0.29) is 18.7 Å². The van der Waals surface area contributed by atoms with Gasteiger partial charge < -0.3 is 20.4 Å². The Balaban J connectivity index is 0.00000144. The van der Waals surface area contributed by atoms with Gasteiger partial charge in [0.25, 0.3) is 0 Å². The van der Waals surface area contributed by atoms with Crippen molar-refractivity contribution < 1.29 is 20.4 Å². The topological polar surface area (TPSA) is 81.2 Å². The number of benzene rings is 1. The van der Waals surface area contributed by atoms with E-state index in [0.717, 1.165) is 0 Å². The molecule has 4 heteroatoms. The standard InChI is InChI=1S/C9H12O3.H2O/c10-6-8(11)7-12-9-4-2-1-3-5-9;/h1-5,8,10-11H,6-7H2;1H2. The van der Waals surface area contributed by atoms with Gasteiger partial charge in [-0.2, -0.15) is 0 Å². The molecule has 0 radical (unpaired) electrons. The highest BCUT2D eigenvalue weighted by atomic mass is 16.5. The van der Waals surface area contributed by atoms with E-state index in [0.29, 0.717) is 5.75 Å². The van der Waals surface area contributed by atoms with E-state index in [1.807, 2.05) is 18.2 Å². The number of para-hydroxylation sites is 1. The summed E-state index contributed by atoms with van der Waals surface area (Å²) in [4.78, 5) is 0. The summed E-state index contributed by atoms with van der Waals surface area (Å²) >= 11 is 0. The first-order chi connectivity index (χ1) is 5.83. The third kappa shape index (κ3) is 4.47. The van der Waals surface area contributed by atoms with Gasteiger partial charge in [0.15, 0.2) is 0 Å². The van der Waals surface area contributed by atoms with Crippen LogP contribution in [0.1, 0.15) is 0 Å². The normalized spacial score (nSPS) is 11.5. The Hall–Kier alpha value is -1.10. The van der Waals surface area contributed by atoms with Gasteiger partial charge in [-0.3, -0.25) is 0 Å². The van der Waals surface area contributed by atoms with Crippen LogP contribution in [0, 0.1) is 0 Å². The number of ether oxygens (including phenoxy) is 1. The Kier molecular flexibility index (Phi) is 5.88. The van der Waals surface area contributed by atoms with E-state index in [4.69, 9.17) is 14.9 Å². The van der Waals surface area contributed by atoms with Crippen LogP contribution < -0.4 is 4.74 Å². The highest BCUT2D eigenvalue weighted by molar-refractivity contribution is 5.20. The third-order valence-electron chi connectivity index (χ3n) is 1.40. The summed E-state index contributed by atoms with van der Waals surface area (Å²) in [6, 6.07) is 9.17. The fourth-order valence-corrected chi connectivity index (χ4v) is 0.762. The van der Waals surface area contributed by atoms with Gasteiger partial charge in [0, 0.05) is 0 Å². The van der Waals surface area contributed by atoms with Crippen molar-refractivity contribution in [3.05, 3.63) is 30.3 Å². The second-order valence-corrected chi connectivity index (χ2v) is 2.46. The molecule has 4 nitrogen and oxygen atoms in total. The molecule has 74 valence electrons. The molecule has 0 aliphatic rings. The van der Waals surface area contributed by atoms with Crippen LogP contribution >= 0.6 is 0 Å². The number of aliphatic hydroxyl groups is 2. The van der Waals surface area contributed by atoms with Crippen molar-refractivity contribution >= 4 is 0 Å². The molecule has 0 aromatic heterocycles. The summed E-state index contributed by atoms with van der Waals surface area (Å²) in [6.07, 6.45) is -0.801. The second kappa shape index (κ2) is 6.42. The van der Waals surface area contributed by atoms with Crippen LogP contribution in [0.2, 0.25) is 0 Å². The maximum Gasteiger partial charge on any atom is 0.119 e. The van der Waals surface area contributed by atoms with Crippen LogP contribution in [0.25, 0.3) is 0 Å². The first-order valence-electron chi connectivity index (χ1n) is 3.79. The molecule has 13 heavy (non-hydrogen) atoms. The summed E-state index contributed by atoms with van der Waals surface area (Å²) < 4.78 is 5.15. The lowest BCUT2D eigenvalue weighted by molar-refractivity contribution is 0.0536. The average Bonchev–Trinajstić information content (AvgIpc) is 2.16. The van der Waals surface area contributed by atoms with Crippen molar-refractivity contribution in [1.82, 2.24) is 0 Å². The summed E-state index contributed by atoms with van der Waals surface area (Å²) in [6.45, 7) is -0.145. The van der Waals surface area contributed by atoms with E-state index in [1.165, 1.54) is 0 Å². The van der Waals surface area contributed by atoms with Gasteiger partial charge in [-0.1, -0.05) is 18.2 Å². The van der Waals surface area contributed by atoms with Crippen molar-refractivity contribution in [2.75, 3.05) is 13.2 Å². The van der Waals surface area contributed by atoms with Gasteiger partial charge in [-0.25, -0.2) is 0 Å². The van der Waals surface area contributed by atoms with Crippen molar-refractivity contribution in [3.63, 3.8) is 0 Å². The minimum Gasteiger partial charge on any atom is -0.491 e. The summed E-state index contributed by atoms with van der Waals surface area (Å²) in [5.74, 6) is 0.699. The number of aliphatic hydroxyl groups excluding tert-OH is 2. The number of hydrogen-bond acceptors (Lipinski definition) is 3. The molecule has 0 saturated carbocycles. The number of rotatable bonds is 4. The van der Waals surface area contributed by atoms with E-state index in [2.05, 4.69) is 0 Å². The summed E-state index contributed by atoms with van der Waals surface area (Å²) in [5.41, 5.74) is 0. The molecular weight excluding hydrogens is 172 g/mol. The Labute approximate surface area is 76.7 Å². The van der Waals surface area contributed by atoms with Crippen molar-refractivity contribution in [2.45, 2.75) is 6.10 Å². The molecule has 0 bridgehead atoms. The van der Waals surface area contributed by atoms with Crippen LogP contribution in [0.3, 0.4) is 0 Å². The zero-order chi connectivity index (χ0) is 8.81. The second-order valence-electron chi connectivity index (χ2n) is 2.46. The zero-order valence-electron chi connectivity index (χ0n) is 7.18. The van der Waals surface area contributed by atoms with Crippen LogP contribution in [0.4, 0.5) is 0 Å². The van der Waals surface area contributed by atoms with Crippen molar-refractivity contribution in [1.29, 1.82) is 0 Å². The maximum absolute atomic E-state index is 8.94. The lowest BCUT2D eigenvalue weighted by Crippen LogP contribution is -2.21. The molecule has 0 amide bonds. The monoisotopic (exact) mass is 186 g/mol. The molecule has 0 aliphatic heterocycles. The molecule has 0 aliphatic carbocycles. The highest BCUT2D eigenvalue weighted by Crippen LogP contribution is 2.08. The predicted molar refractivity (Wildman–Crippen MR) is 48.6 cm³/mol. The average molecular weight is 186 g/mol. The first kappa shape index (κ1) is 11.9. The zero-order valence-corrected chi connectivity index (χ0v) is 7.18. The fourth-order valence-electron chi connectivity index (χ4n) is 0.762. The summed E-state index contributed by atoms with van der Waals surface area (Å²) in [5, 5.41) is 17.4. The van der Waals surface area contributed by atoms with Gasteiger partial charge in [0.05, 0.1) is 6.61 Å². The Morgan fingerprint density at radius 3 is 2.38 bits per heavy atom. The molecule has 1 unspecified atom stereocenters. The summed E-state index contributed by atoms with van der Waals surface area (Å²) in [7, 11) is 0. The van der Waals surface area contributed by atoms with Crippen LogP contribution in [-0.2, 0) is 0 Å². The largest absolute Gasteiger partial charge is 0.491 e. The Morgan fingerprint density at radius 1 is 1.23 bits per heavy atom. The Bertz CT molecular complexity index is 212. The molecule has 1 atom stereocenters. The van der Waals surface area contributed by atoms with E-state index in [9.17, 15) is 0 Å². The maximum atomic E-state index is 8.94. The van der Waals surface area contributed by atoms with E-state index in [1.54, 1.807) is 12.1 Å². The van der Waals surface area contributed by atoms with E-state index >= 15 is 0 Å². The minimum atomic E-state index is -0.801. The number of hydrogen-bond donors (Lipinski definition) is 2. The molecule has 4 N–H and O–H groups in total. The predicted octanol–water partition coefficient (Wildman–Crippen LogP) is -0.406. The highest BCUT2D eigenvalue weighted by Gasteiger charge is 2.01. The SMILES string of the molecule is O.OCC(O)COc1ccccc1. The van der Waals surface area contributed by atoms with Crippen LogP contribution in [-0.4, -0.2) is 35.0 Å². The minimum absolute atomic E-state index is 0. The van der Waals surface area contributed by atoms with E-state index < -0.39 is 6.10 Å². The van der Waals surface area contributed by atoms with Gasteiger partial charge in [-0.05, 0) is 12.1 Å². The molecular formula is C9H14O4. The van der Waals surface area contributed by atoms with Gasteiger partial charge in [0.1, 0.15) is 18.5 Å². The third-order valence-corrected chi connectivity index (χ3v) is 1.40. The molecule has 0 fully saturated rings. The van der Waals surface area contributed by atoms with Gasteiger partial charge in [-0.15, -0.1) is 0 Å². The lowest BCUT2D eigenvalue weighted by Gasteiger charge is -2.08. The lowest BCUT2D eigenvalue weighted by atomic mass is 10.3. The first-order valence-corrected chi connectivity index (χ1v) is 3.79. The quantitative estimate of drug-likeness (QED) is 0.671. The fraction of sp³-hybridized carbons (Fsp3) is 0.333. The molecule has 1 aromatic rings. The van der Waals surface area contributed by atoms with Crippen LogP contribution in [0.15, 0.2) is 30.3 Å². The molecule has 0 saturated heterocycles. The molecule has 1 rings (SSSR count).